The van der Waals surface area contributed by atoms with E-state index in [-0.39, 0.29) is 49.3 Å². The highest BCUT2D eigenvalue weighted by Gasteiger charge is 2.31. The molecule has 0 bridgehead atoms. The minimum atomic E-state index is -4.56. The quantitative estimate of drug-likeness (QED) is 0.209. The molecular weight excluding hydrogens is 523 g/mol. The predicted molar refractivity (Wildman–Crippen MR) is 142 cm³/mol. The summed E-state index contributed by atoms with van der Waals surface area (Å²) in [7, 11) is 0. The molecule has 9 nitrogen and oxygen atoms in total. The second-order valence-electron chi connectivity index (χ2n) is 8.17. The molecule has 0 aliphatic heterocycles. The van der Waals surface area contributed by atoms with Crippen LogP contribution >= 0.6 is 12.2 Å². The van der Waals surface area contributed by atoms with Gasteiger partial charge in [-0.25, -0.2) is 4.79 Å². The summed E-state index contributed by atoms with van der Waals surface area (Å²) < 4.78 is 44.8. The molecule has 1 atom stereocenters. The minimum absolute atomic E-state index is 0.0366. The molecule has 1 unspecified atom stereocenters. The number of hydrogen-bond donors (Lipinski definition) is 5. The van der Waals surface area contributed by atoms with Crippen molar-refractivity contribution in [2.24, 2.45) is 0 Å². The van der Waals surface area contributed by atoms with Crippen molar-refractivity contribution in [3.63, 3.8) is 0 Å². The molecule has 0 saturated carbocycles. The van der Waals surface area contributed by atoms with Gasteiger partial charge < -0.3 is 36.4 Å². The SMILES string of the molecule is CCOC(=O)NCc1ccc(NC(=S)NC(CC(=O)N(CC)CCO)c2cccc(C(F)(F)F)c2)c(N)c1. The van der Waals surface area contributed by atoms with Gasteiger partial charge >= 0.3 is 12.3 Å². The van der Waals surface area contributed by atoms with Crippen LogP contribution in [-0.4, -0.2) is 53.4 Å². The molecule has 0 aromatic heterocycles. The molecule has 13 heteroatoms. The number of anilines is 2. The molecule has 2 aromatic rings. The first kappa shape index (κ1) is 30.6. The number of nitrogens with one attached hydrogen (secondary N) is 3. The summed E-state index contributed by atoms with van der Waals surface area (Å²) in [4.78, 5) is 25.7. The van der Waals surface area contributed by atoms with Crippen LogP contribution in [0, 0.1) is 0 Å². The number of ether oxygens (including phenoxy) is 1. The molecule has 6 N–H and O–H groups in total. The van der Waals surface area contributed by atoms with E-state index >= 15 is 0 Å². The van der Waals surface area contributed by atoms with E-state index in [0.29, 0.717) is 23.5 Å². The number of thiocarbonyl (C=S) groups is 1. The summed E-state index contributed by atoms with van der Waals surface area (Å²) in [5.41, 5.74) is 6.91. The average molecular weight is 556 g/mol. The number of aliphatic hydroxyl groups is 1. The summed E-state index contributed by atoms with van der Waals surface area (Å²) in [6, 6.07) is 8.72. The van der Waals surface area contributed by atoms with Gasteiger partial charge in [0.05, 0.1) is 42.6 Å². The fraction of sp³-hybridized carbons (Fsp3) is 0.400. The van der Waals surface area contributed by atoms with Gasteiger partial charge in [-0.05, 0) is 61.5 Å². The highest BCUT2D eigenvalue weighted by Crippen LogP contribution is 2.31. The number of nitrogen functional groups attached to an aromatic ring is 1. The van der Waals surface area contributed by atoms with Gasteiger partial charge in [0.2, 0.25) is 5.91 Å². The molecule has 0 spiro atoms. The third-order valence-corrected chi connectivity index (χ3v) is 5.70. The second-order valence-corrected chi connectivity index (χ2v) is 8.58. The van der Waals surface area contributed by atoms with Crippen molar-refractivity contribution in [2.75, 3.05) is 37.4 Å². The normalized spacial score (nSPS) is 11.8. The average Bonchev–Trinajstić information content (AvgIpc) is 2.86. The number of rotatable bonds is 11. The molecule has 38 heavy (non-hydrogen) atoms. The van der Waals surface area contributed by atoms with E-state index in [1.165, 1.54) is 17.0 Å². The lowest BCUT2D eigenvalue weighted by atomic mass is 10.0. The maximum atomic E-state index is 13.3. The zero-order valence-electron chi connectivity index (χ0n) is 21.1. The number of alkyl carbamates (subject to hydrolysis) is 1. The molecule has 2 aromatic carbocycles. The van der Waals surface area contributed by atoms with Crippen LogP contribution < -0.4 is 21.7 Å². The lowest BCUT2D eigenvalue weighted by Gasteiger charge is -2.26. The largest absolute Gasteiger partial charge is 0.450 e. The Kier molecular flexibility index (Phi) is 11.6. The number of halogens is 3. The Balaban J connectivity index is 2.20. The van der Waals surface area contributed by atoms with E-state index in [0.717, 1.165) is 12.1 Å². The van der Waals surface area contributed by atoms with E-state index < -0.39 is 23.9 Å². The Hall–Kier alpha value is -3.58. The van der Waals surface area contributed by atoms with E-state index in [4.69, 9.17) is 22.7 Å². The first-order valence-corrected chi connectivity index (χ1v) is 12.3. The van der Waals surface area contributed by atoms with Gasteiger partial charge in [0.15, 0.2) is 5.11 Å². The molecule has 208 valence electrons. The first-order valence-electron chi connectivity index (χ1n) is 11.9. The zero-order chi connectivity index (χ0) is 28.3. The van der Waals surface area contributed by atoms with E-state index in [2.05, 4.69) is 16.0 Å². The van der Waals surface area contributed by atoms with Crippen LogP contribution in [0.15, 0.2) is 42.5 Å². The van der Waals surface area contributed by atoms with Crippen molar-refractivity contribution in [1.82, 2.24) is 15.5 Å². The highest BCUT2D eigenvalue weighted by atomic mass is 32.1. The molecule has 0 fully saturated rings. The molecular formula is C25H32F3N5O4S. The Morgan fingerprint density at radius 1 is 1.18 bits per heavy atom. The maximum absolute atomic E-state index is 13.3. The van der Waals surface area contributed by atoms with Crippen LogP contribution in [0.2, 0.25) is 0 Å². The van der Waals surface area contributed by atoms with Crippen LogP contribution in [0.5, 0.6) is 0 Å². The summed E-state index contributed by atoms with van der Waals surface area (Å²) in [5, 5.41) is 17.7. The number of amides is 2. The number of hydrogen-bond acceptors (Lipinski definition) is 6. The third kappa shape index (κ3) is 9.38. The third-order valence-electron chi connectivity index (χ3n) is 5.48. The topological polar surface area (TPSA) is 129 Å². The smallest absolute Gasteiger partial charge is 0.416 e. The first-order chi connectivity index (χ1) is 18.0. The lowest BCUT2D eigenvalue weighted by Crippen LogP contribution is -2.39. The predicted octanol–water partition coefficient (Wildman–Crippen LogP) is 3.79. The van der Waals surface area contributed by atoms with E-state index in [9.17, 15) is 27.9 Å². The van der Waals surface area contributed by atoms with Crippen LogP contribution in [0.4, 0.5) is 29.3 Å². The van der Waals surface area contributed by atoms with Crippen molar-refractivity contribution in [1.29, 1.82) is 0 Å². The van der Waals surface area contributed by atoms with Crippen LogP contribution in [-0.2, 0) is 22.3 Å². The van der Waals surface area contributed by atoms with Crippen LogP contribution in [0.1, 0.15) is 43.0 Å². The molecule has 0 saturated heterocycles. The van der Waals surface area contributed by atoms with Crippen molar-refractivity contribution in [2.45, 2.75) is 39.0 Å². The molecule has 2 rings (SSSR count). The van der Waals surface area contributed by atoms with Gasteiger partial charge in [0, 0.05) is 19.6 Å². The van der Waals surface area contributed by atoms with Crippen LogP contribution in [0.25, 0.3) is 0 Å². The van der Waals surface area contributed by atoms with Gasteiger partial charge in [-0.2, -0.15) is 13.2 Å². The van der Waals surface area contributed by atoms with Crippen LogP contribution in [0.3, 0.4) is 0 Å². The van der Waals surface area contributed by atoms with Gasteiger partial charge in [0.1, 0.15) is 0 Å². The van der Waals surface area contributed by atoms with Crippen molar-refractivity contribution >= 4 is 40.7 Å². The fourth-order valence-electron chi connectivity index (χ4n) is 3.58. The Morgan fingerprint density at radius 3 is 2.53 bits per heavy atom. The summed E-state index contributed by atoms with van der Waals surface area (Å²) in [5.74, 6) is -0.364. The molecule has 0 aliphatic carbocycles. The number of aliphatic hydroxyl groups excluding tert-OH is 1. The van der Waals surface area contributed by atoms with Gasteiger partial charge in [-0.1, -0.05) is 18.2 Å². The van der Waals surface area contributed by atoms with Gasteiger partial charge in [0.25, 0.3) is 0 Å². The molecule has 0 aliphatic rings. The molecule has 0 heterocycles. The Labute approximate surface area is 224 Å². The number of nitrogens with two attached hydrogens (primary N) is 1. The standard InChI is InChI=1S/C25H32F3N5O4S/c1-3-33(10-11-34)22(35)14-21(17-6-5-7-18(13-17)25(26,27)28)32-23(38)31-20-9-8-16(12-19(20)29)15-30-24(36)37-4-2/h5-9,12-13,21,34H,3-4,10-11,14-15,29H2,1-2H3,(H,30,36)(H2,31,32,38). The van der Waals surface area contributed by atoms with Crippen molar-refractivity contribution in [3.8, 4) is 0 Å². The minimum Gasteiger partial charge on any atom is -0.450 e. The highest BCUT2D eigenvalue weighted by molar-refractivity contribution is 7.80. The Morgan fingerprint density at radius 2 is 1.92 bits per heavy atom. The summed E-state index contributed by atoms with van der Waals surface area (Å²) in [6.07, 6.45) is -5.33. The fourth-order valence-corrected chi connectivity index (χ4v) is 3.83. The number of carbonyl (C=O) groups excluding carboxylic acids is 2. The van der Waals surface area contributed by atoms with Crippen molar-refractivity contribution < 1.29 is 32.6 Å². The van der Waals surface area contributed by atoms with E-state index in [1.54, 1.807) is 32.0 Å². The number of nitrogens with zero attached hydrogens (tertiary/aromatic N) is 1. The summed E-state index contributed by atoms with van der Waals surface area (Å²) >= 11 is 5.39. The lowest BCUT2D eigenvalue weighted by molar-refractivity contribution is -0.137. The number of alkyl halides is 3. The number of benzene rings is 2. The van der Waals surface area contributed by atoms with E-state index in [1.807, 2.05) is 0 Å². The monoisotopic (exact) mass is 555 g/mol. The maximum Gasteiger partial charge on any atom is 0.416 e. The molecule has 2 amide bonds. The zero-order valence-corrected chi connectivity index (χ0v) is 21.9. The number of likely N-dealkylation sites (N-methyl/N-ethyl adjacent to an activating group) is 1. The molecule has 0 radical (unpaired) electrons. The Bertz CT molecular complexity index is 1120. The van der Waals surface area contributed by atoms with Gasteiger partial charge in [-0.3, -0.25) is 4.79 Å². The second kappa shape index (κ2) is 14.4. The summed E-state index contributed by atoms with van der Waals surface area (Å²) in [6.45, 7) is 4.04. The van der Waals surface area contributed by atoms with Gasteiger partial charge in [-0.15, -0.1) is 0 Å². The number of carbonyl (C=O) groups is 2. The van der Waals surface area contributed by atoms with Crippen molar-refractivity contribution in [3.05, 3.63) is 59.2 Å².